The van der Waals surface area contributed by atoms with Gasteiger partial charge in [-0.15, -0.1) is 0 Å². The molecular formula is C22H38Cl3NO3. The van der Waals surface area contributed by atoms with Gasteiger partial charge < -0.3 is 14.7 Å². The Labute approximate surface area is 191 Å². The van der Waals surface area contributed by atoms with E-state index in [2.05, 4.69) is 6.92 Å². The van der Waals surface area contributed by atoms with Gasteiger partial charge in [-0.05, 0) is 43.9 Å². The number of carbonyl (C=O) groups excluding carboxylic acids is 1. The summed E-state index contributed by atoms with van der Waals surface area (Å²) in [4.78, 5) is 15.1. The zero-order chi connectivity index (χ0) is 21.3. The number of carbonyl (C=O) groups is 1. The summed E-state index contributed by atoms with van der Waals surface area (Å²) < 4.78 is 3.85. The summed E-state index contributed by atoms with van der Waals surface area (Å²) in [6.07, 6.45) is 14.2. The highest BCUT2D eigenvalue weighted by atomic mass is 35.6. The number of amides is 1. The summed E-state index contributed by atoms with van der Waals surface area (Å²) in [5.41, 5.74) is 0. The second-order valence-corrected chi connectivity index (χ2v) is 11.3. The van der Waals surface area contributed by atoms with Gasteiger partial charge in [-0.25, -0.2) is 4.79 Å². The maximum absolute atomic E-state index is 13.1. The van der Waals surface area contributed by atoms with E-state index in [1.165, 1.54) is 44.9 Å². The quantitative estimate of drug-likeness (QED) is 0.280. The second-order valence-electron chi connectivity index (χ2n) is 8.80. The maximum Gasteiger partial charge on any atom is 0.410 e. The van der Waals surface area contributed by atoms with Crippen LogP contribution in [0.1, 0.15) is 90.4 Å². The van der Waals surface area contributed by atoms with E-state index >= 15 is 0 Å². The summed E-state index contributed by atoms with van der Waals surface area (Å²) in [7, 11) is 0. The van der Waals surface area contributed by atoms with Crippen LogP contribution < -0.4 is 0 Å². The normalized spacial score (nSPS) is 27.6. The molecule has 0 aromatic rings. The molecule has 2 fully saturated rings. The Hall–Kier alpha value is 0.1000. The summed E-state index contributed by atoms with van der Waals surface area (Å²) >= 11 is 17.4. The molecule has 1 amide bonds. The Morgan fingerprint density at radius 1 is 1.03 bits per heavy atom. The number of nitrogens with zero attached hydrogens (tertiary/aromatic N) is 1. The Bertz CT molecular complexity index is 486. The smallest absolute Gasteiger partial charge is 0.410 e. The third-order valence-corrected chi connectivity index (χ3v) is 7.03. The van der Waals surface area contributed by atoms with Crippen molar-refractivity contribution < 1.29 is 14.6 Å². The van der Waals surface area contributed by atoms with Crippen molar-refractivity contribution in [3.8, 4) is 0 Å². The Kier molecular flexibility index (Phi) is 11.2. The van der Waals surface area contributed by atoms with Gasteiger partial charge in [-0.3, -0.25) is 0 Å². The van der Waals surface area contributed by atoms with Gasteiger partial charge >= 0.3 is 6.09 Å². The molecule has 2 rings (SSSR count). The van der Waals surface area contributed by atoms with Crippen LogP contribution in [0.25, 0.3) is 0 Å². The molecule has 1 N–H and O–H groups in total. The Morgan fingerprint density at radius 3 is 2.48 bits per heavy atom. The predicted molar refractivity (Wildman–Crippen MR) is 121 cm³/mol. The summed E-state index contributed by atoms with van der Waals surface area (Å²) in [5, 5.41) is 9.04. The second kappa shape index (κ2) is 12.8. The first kappa shape index (κ1) is 25.4. The van der Waals surface area contributed by atoms with Crippen molar-refractivity contribution in [2.24, 2.45) is 11.8 Å². The van der Waals surface area contributed by atoms with E-state index in [0.717, 1.165) is 38.5 Å². The minimum absolute atomic E-state index is 0.187. The maximum atomic E-state index is 13.1. The van der Waals surface area contributed by atoms with Gasteiger partial charge in [-0.1, -0.05) is 93.1 Å². The number of aliphatic hydroxyl groups is 1. The molecule has 29 heavy (non-hydrogen) atoms. The zero-order valence-electron chi connectivity index (χ0n) is 17.8. The van der Waals surface area contributed by atoms with Gasteiger partial charge in [0.2, 0.25) is 3.79 Å². The molecule has 0 aromatic heterocycles. The number of hydrogen-bond acceptors (Lipinski definition) is 3. The number of piperidine rings is 1. The molecule has 0 bridgehead atoms. The number of alkyl halides is 3. The standard InChI is InChI=1S/C22H38Cl3NO3/c1-2-3-5-9-17-10-8-12-20-19(17)14-13-18(11-6-4-7-15-27)26(20)21(28)29-16-22(23,24)25/h17-20,27H,2-16H2,1H3/t17-,18?,19?,20?/m1/s1. The van der Waals surface area contributed by atoms with Crippen LogP contribution in [-0.2, 0) is 4.74 Å². The van der Waals surface area contributed by atoms with Gasteiger partial charge in [0, 0.05) is 18.7 Å². The van der Waals surface area contributed by atoms with Crippen molar-refractivity contribution in [2.75, 3.05) is 13.2 Å². The number of unbranched alkanes of at least 4 members (excludes halogenated alkanes) is 4. The predicted octanol–water partition coefficient (Wildman–Crippen LogP) is 6.88. The van der Waals surface area contributed by atoms with Crippen LogP contribution in [0.5, 0.6) is 0 Å². The van der Waals surface area contributed by atoms with Crippen molar-refractivity contribution in [3.05, 3.63) is 0 Å². The van der Waals surface area contributed by atoms with Crippen molar-refractivity contribution in [1.82, 2.24) is 4.90 Å². The Morgan fingerprint density at radius 2 is 1.79 bits per heavy atom. The number of ether oxygens (including phenoxy) is 1. The van der Waals surface area contributed by atoms with Crippen molar-refractivity contribution >= 4 is 40.9 Å². The molecule has 0 radical (unpaired) electrons. The van der Waals surface area contributed by atoms with Crippen LogP contribution in [0.15, 0.2) is 0 Å². The van der Waals surface area contributed by atoms with Crippen molar-refractivity contribution in [1.29, 1.82) is 0 Å². The lowest BCUT2D eigenvalue weighted by Crippen LogP contribution is -2.57. The number of fused-ring (bicyclic) bond motifs is 1. The van der Waals surface area contributed by atoms with E-state index in [4.69, 9.17) is 44.6 Å². The van der Waals surface area contributed by atoms with Crippen LogP contribution in [0.3, 0.4) is 0 Å². The van der Waals surface area contributed by atoms with E-state index < -0.39 is 3.79 Å². The van der Waals surface area contributed by atoms with Crippen LogP contribution in [0.4, 0.5) is 4.79 Å². The average molecular weight is 471 g/mol. The molecule has 2 aliphatic rings. The topological polar surface area (TPSA) is 49.8 Å². The fourth-order valence-electron chi connectivity index (χ4n) is 5.37. The highest BCUT2D eigenvalue weighted by Crippen LogP contribution is 2.44. The number of aliphatic hydroxyl groups excluding tert-OH is 1. The van der Waals surface area contributed by atoms with Gasteiger partial charge in [-0.2, -0.15) is 0 Å². The highest BCUT2D eigenvalue weighted by molar-refractivity contribution is 6.67. The summed E-state index contributed by atoms with van der Waals surface area (Å²) in [5.74, 6) is 1.27. The summed E-state index contributed by atoms with van der Waals surface area (Å²) in [6.45, 7) is 2.25. The third-order valence-electron chi connectivity index (χ3n) is 6.70. The first-order valence-corrected chi connectivity index (χ1v) is 12.6. The lowest BCUT2D eigenvalue weighted by atomic mass is 9.68. The number of rotatable bonds is 10. The lowest BCUT2D eigenvalue weighted by Gasteiger charge is -2.51. The Balaban J connectivity index is 2.07. The minimum Gasteiger partial charge on any atom is -0.445 e. The molecule has 0 aromatic carbocycles. The van der Waals surface area contributed by atoms with E-state index in [-0.39, 0.29) is 31.4 Å². The largest absolute Gasteiger partial charge is 0.445 e. The molecular weight excluding hydrogens is 433 g/mol. The average Bonchev–Trinajstić information content (AvgIpc) is 2.68. The SMILES string of the molecule is CCCCC[C@@H]1CCCC2C1CCC(CCCCCO)N2C(=O)OCC(Cl)(Cl)Cl. The van der Waals surface area contributed by atoms with Gasteiger partial charge in [0.1, 0.15) is 6.61 Å². The van der Waals surface area contributed by atoms with Gasteiger partial charge in [0.05, 0.1) is 0 Å². The first-order chi connectivity index (χ1) is 13.9. The first-order valence-electron chi connectivity index (χ1n) is 11.5. The van der Waals surface area contributed by atoms with E-state index in [1.54, 1.807) is 0 Å². The number of likely N-dealkylation sites (tertiary alicyclic amines) is 1. The minimum atomic E-state index is -1.59. The molecule has 170 valence electrons. The highest BCUT2D eigenvalue weighted by Gasteiger charge is 2.45. The molecule has 0 spiro atoms. The molecule has 4 nitrogen and oxygen atoms in total. The number of hydrogen-bond donors (Lipinski definition) is 1. The zero-order valence-corrected chi connectivity index (χ0v) is 20.0. The fourth-order valence-corrected chi connectivity index (χ4v) is 5.53. The molecule has 1 aliphatic carbocycles. The van der Waals surface area contributed by atoms with E-state index in [0.29, 0.717) is 11.8 Å². The molecule has 1 saturated carbocycles. The third kappa shape index (κ3) is 8.27. The molecule has 7 heteroatoms. The van der Waals surface area contributed by atoms with Crippen molar-refractivity contribution in [2.45, 2.75) is 106 Å². The van der Waals surface area contributed by atoms with E-state index in [9.17, 15) is 4.79 Å². The lowest BCUT2D eigenvalue weighted by molar-refractivity contribution is -0.0172. The fraction of sp³-hybridized carbons (Fsp3) is 0.955. The monoisotopic (exact) mass is 469 g/mol. The molecule has 1 aliphatic heterocycles. The molecule has 1 saturated heterocycles. The van der Waals surface area contributed by atoms with E-state index in [1.807, 2.05) is 4.90 Å². The van der Waals surface area contributed by atoms with Crippen LogP contribution in [-0.4, -0.2) is 45.2 Å². The van der Waals surface area contributed by atoms with Crippen LogP contribution in [0, 0.1) is 11.8 Å². The van der Waals surface area contributed by atoms with Gasteiger partial charge in [0.15, 0.2) is 0 Å². The molecule has 1 heterocycles. The molecule has 3 unspecified atom stereocenters. The van der Waals surface area contributed by atoms with Crippen LogP contribution >= 0.6 is 34.8 Å². The molecule has 4 atom stereocenters. The van der Waals surface area contributed by atoms with Gasteiger partial charge in [0.25, 0.3) is 0 Å². The summed E-state index contributed by atoms with van der Waals surface area (Å²) in [6, 6.07) is 0.432. The van der Waals surface area contributed by atoms with Crippen molar-refractivity contribution in [3.63, 3.8) is 0 Å². The number of halogens is 3. The van der Waals surface area contributed by atoms with Crippen LogP contribution in [0.2, 0.25) is 0 Å².